The predicted molar refractivity (Wildman–Crippen MR) is 75.7 cm³/mol. The van der Waals surface area contributed by atoms with Crippen molar-refractivity contribution in [2.45, 2.75) is 25.8 Å². The molecule has 0 spiro atoms. The third-order valence-electron chi connectivity index (χ3n) is 2.98. The normalized spacial score (nSPS) is 11.6. The molecule has 0 saturated carbocycles. The summed E-state index contributed by atoms with van der Waals surface area (Å²) in [6.07, 6.45) is 1.35. The van der Waals surface area contributed by atoms with Gasteiger partial charge in [-0.2, -0.15) is 13.5 Å². The molecule has 0 saturated heterocycles. The number of carbonyl (C=O) groups excluding carboxylic acids is 1. The molecule has 0 aliphatic carbocycles. The first-order valence-corrected chi connectivity index (χ1v) is 7.84. The Morgan fingerprint density at radius 1 is 1.29 bits per heavy atom. The molecule has 2 heterocycles. The van der Waals surface area contributed by atoms with E-state index in [0.29, 0.717) is 11.4 Å². The first kappa shape index (κ1) is 15.3. The van der Waals surface area contributed by atoms with Crippen LogP contribution in [0.25, 0.3) is 0 Å². The Labute approximate surface area is 123 Å². The Morgan fingerprint density at radius 3 is 2.38 bits per heavy atom. The van der Waals surface area contributed by atoms with Gasteiger partial charge in [0.1, 0.15) is 5.56 Å². The summed E-state index contributed by atoms with van der Waals surface area (Å²) in [7, 11) is -2.39. The van der Waals surface area contributed by atoms with E-state index in [-0.39, 0.29) is 17.2 Å². The molecule has 8 heteroatoms. The lowest BCUT2D eigenvalue weighted by atomic mass is 10.4. The number of hydrogen-bond acceptors (Lipinski definition) is 5. The predicted octanol–water partition coefficient (Wildman–Crippen LogP) is 1.25. The van der Waals surface area contributed by atoms with Crippen LogP contribution in [0.2, 0.25) is 0 Å². The van der Waals surface area contributed by atoms with Crippen molar-refractivity contribution in [2.24, 2.45) is 7.05 Å². The summed E-state index contributed by atoms with van der Waals surface area (Å²) in [5.41, 5.74) is 1.03. The van der Waals surface area contributed by atoms with E-state index in [9.17, 15) is 13.2 Å². The summed E-state index contributed by atoms with van der Waals surface area (Å²) >= 11 is 0. The minimum atomic E-state index is -3.95. The van der Waals surface area contributed by atoms with Crippen molar-refractivity contribution in [1.29, 1.82) is 0 Å². The lowest BCUT2D eigenvalue weighted by Crippen LogP contribution is -2.19. The van der Waals surface area contributed by atoms with Crippen LogP contribution in [-0.4, -0.2) is 34.7 Å². The average Bonchev–Trinajstić information content (AvgIpc) is 2.94. The minimum Gasteiger partial charge on any atom is -0.462 e. The second-order valence-corrected chi connectivity index (χ2v) is 6.33. The lowest BCUT2D eigenvalue weighted by molar-refractivity contribution is 0.0521. The third-order valence-corrected chi connectivity index (χ3v) is 4.83. The van der Waals surface area contributed by atoms with Gasteiger partial charge in [0.05, 0.1) is 6.61 Å². The Hall–Kier alpha value is -2.09. The van der Waals surface area contributed by atoms with Gasteiger partial charge in [-0.05, 0) is 32.9 Å². The van der Waals surface area contributed by atoms with Crippen LogP contribution in [0.4, 0.5) is 0 Å². The van der Waals surface area contributed by atoms with Crippen LogP contribution in [0, 0.1) is 13.8 Å². The van der Waals surface area contributed by atoms with Crippen molar-refractivity contribution in [1.82, 2.24) is 13.8 Å². The molecule has 2 aromatic rings. The molecule has 0 amide bonds. The number of carbonyl (C=O) groups is 1. The average molecular weight is 311 g/mol. The molecule has 2 rings (SSSR count). The standard InChI is InChI=1S/C13H17N3O4S/c1-5-20-13(17)11-8-15(4)14-12(11)21(18,19)16-9(2)6-7-10(16)3/h6-8H,5H2,1-4H3. The number of nitrogens with zero attached hydrogens (tertiary/aromatic N) is 3. The molecule has 2 aromatic heterocycles. The Morgan fingerprint density at radius 2 is 1.86 bits per heavy atom. The van der Waals surface area contributed by atoms with E-state index < -0.39 is 16.0 Å². The lowest BCUT2D eigenvalue weighted by Gasteiger charge is -2.09. The molecule has 114 valence electrons. The Kier molecular flexibility index (Phi) is 3.91. The smallest absolute Gasteiger partial charge is 0.342 e. The summed E-state index contributed by atoms with van der Waals surface area (Å²) in [4.78, 5) is 11.9. The van der Waals surface area contributed by atoms with Gasteiger partial charge in [0.25, 0.3) is 10.0 Å². The highest BCUT2D eigenvalue weighted by atomic mass is 32.2. The molecule has 0 atom stereocenters. The zero-order valence-electron chi connectivity index (χ0n) is 12.3. The first-order valence-electron chi connectivity index (χ1n) is 6.40. The third kappa shape index (κ3) is 2.58. The van der Waals surface area contributed by atoms with Gasteiger partial charge < -0.3 is 4.74 Å². The Balaban J connectivity index is 2.64. The molecule has 0 aromatic carbocycles. The maximum Gasteiger partial charge on any atom is 0.342 e. The van der Waals surface area contributed by atoms with Crippen LogP contribution in [0.3, 0.4) is 0 Å². The SMILES string of the molecule is CCOC(=O)c1cn(C)nc1S(=O)(=O)n1c(C)ccc1C. The van der Waals surface area contributed by atoms with Crippen molar-refractivity contribution in [2.75, 3.05) is 6.61 Å². The second kappa shape index (κ2) is 5.36. The zero-order chi connectivity index (χ0) is 15.8. The number of esters is 1. The van der Waals surface area contributed by atoms with Crippen LogP contribution >= 0.6 is 0 Å². The molecule has 21 heavy (non-hydrogen) atoms. The molecule has 0 radical (unpaired) electrons. The topological polar surface area (TPSA) is 83.2 Å². The molecule has 7 nitrogen and oxygen atoms in total. The van der Waals surface area contributed by atoms with Crippen LogP contribution < -0.4 is 0 Å². The summed E-state index contributed by atoms with van der Waals surface area (Å²) in [5, 5.41) is 3.63. The first-order chi connectivity index (χ1) is 9.78. The van der Waals surface area contributed by atoms with E-state index >= 15 is 0 Å². The summed E-state index contributed by atoms with van der Waals surface area (Å²) in [6.45, 7) is 5.17. The monoisotopic (exact) mass is 311 g/mol. The van der Waals surface area contributed by atoms with Crippen molar-refractivity contribution in [3.05, 3.63) is 35.3 Å². The molecule has 0 unspecified atom stereocenters. The van der Waals surface area contributed by atoms with E-state index in [1.807, 2.05) is 0 Å². The fraction of sp³-hybridized carbons (Fsp3) is 0.385. The number of aryl methyl sites for hydroxylation is 3. The van der Waals surface area contributed by atoms with E-state index in [4.69, 9.17) is 4.74 Å². The fourth-order valence-electron chi connectivity index (χ4n) is 2.13. The van der Waals surface area contributed by atoms with Crippen molar-refractivity contribution >= 4 is 16.0 Å². The summed E-state index contributed by atoms with van der Waals surface area (Å²) in [6, 6.07) is 3.39. The maximum atomic E-state index is 12.8. The largest absolute Gasteiger partial charge is 0.462 e. The molecule has 0 aliphatic heterocycles. The van der Waals surface area contributed by atoms with E-state index in [2.05, 4.69) is 5.10 Å². The Bertz CT molecular complexity index is 767. The van der Waals surface area contributed by atoms with Crippen LogP contribution in [0.5, 0.6) is 0 Å². The number of hydrogen-bond donors (Lipinski definition) is 0. The molecule has 0 bridgehead atoms. The van der Waals surface area contributed by atoms with Crippen LogP contribution in [-0.2, 0) is 21.8 Å². The minimum absolute atomic E-state index is 0.0631. The van der Waals surface area contributed by atoms with Gasteiger partial charge in [0.2, 0.25) is 5.03 Å². The van der Waals surface area contributed by atoms with Crippen molar-refractivity contribution in [3.8, 4) is 0 Å². The van der Waals surface area contributed by atoms with Gasteiger partial charge in [-0.3, -0.25) is 4.68 Å². The van der Waals surface area contributed by atoms with Gasteiger partial charge in [-0.25, -0.2) is 8.77 Å². The maximum absolute atomic E-state index is 12.8. The quantitative estimate of drug-likeness (QED) is 0.794. The molecule has 0 fully saturated rings. The van der Waals surface area contributed by atoms with Gasteiger partial charge in [0, 0.05) is 24.6 Å². The molecular formula is C13H17N3O4S. The summed E-state index contributed by atoms with van der Waals surface area (Å²) < 4.78 is 32.9. The molecular weight excluding hydrogens is 294 g/mol. The highest BCUT2D eigenvalue weighted by Gasteiger charge is 2.30. The molecule has 0 N–H and O–H groups in total. The van der Waals surface area contributed by atoms with Crippen LogP contribution in [0.1, 0.15) is 28.7 Å². The number of rotatable bonds is 4. The van der Waals surface area contributed by atoms with E-state index in [1.165, 1.54) is 10.9 Å². The van der Waals surface area contributed by atoms with Gasteiger partial charge in [0.15, 0.2) is 0 Å². The van der Waals surface area contributed by atoms with Crippen LogP contribution in [0.15, 0.2) is 23.4 Å². The molecule has 0 aliphatic rings. The van der Waals surface area contributed by atoms with Crippen molar-refractivity contribution in [3.63, 3.8) is 0 Å². The number of aromatic nitrogens is 3. The van der Waals surface area contributed by atoms with Gasteiger partial charge >= 0.3 is 5.97 Å². The second-order valence-electron chi connectivity index (χ2n) is 4.63. The summed E-state index contributed by atoms with van der Waals surface area (Å²) in [5.74, 6) is -0.702. The zero-order valence-corrected chi connectivity index (χ0v) is 13.1. The van der Waals surface area contributed by atoms with Gasteiger partial charge in [-0.15, -0.1) is 0 Å². The number of ether oxygens (including phenoxy) is 1. The van der Waals surface area contributed by atoms with E-state index in [0.717, 1.165) is 3.97 Å². The fourth-order valence-corrected chi connectivity index (χ4v) is 3.83. The van der Waals surface area contributed by atoms with Gasteiger partial charge in [-0.1, -0.05) is 0 Å². The van der Waals surface area contributed by atoms with E-state index in [1.54, 1.807) is 40.0 Å². The highest BCUT2D eigenvalue weighted by Crippen LogP contribution is 2.21. The van der Waals surface area contributed by atoms with Crippen molar-refractivity contribution < 1.29 is 17.9 Å². The highest BCUT2D eigenvalue weighted by molar-refractivity contribution is 7.90.